The van der Waals surface area contributed by atoms with Gasteiger partial charge in [0.2, 0.25) is 5.91 Å². The van der Waals surface area contributed by atoms with Crippen molar-refractivity contribution in [3.63, 3.8) is 0 Å². The zero-order valence-corrected chi connectivity index (χ0v) is 17.0. The first-order valence-corrected chi connectivity index (χ1v) is 9.79. The van der Waals surface area contributed by atoms with Crippen LogP contribution in [0.4, 0.5) is 18.9 Å². The van der Waals surface area contributed by atoms with Crippen LogP contribution in [0.15, 0.2) is 54.6 Å². The Kier molecular flexibility index (Phi) is 5.40. The number of fused-ring (bicyclic) bond motifs is 1. The third-order valence-corrected chi connectivity index (χ3v) is 5.42. The third-order valence-electron chi connectivity index (χ3n) is 5.17. The molecule has 1 fully saturated rings. The van der Waals surface area contributed by atoms with E-state index < -0.39 is 30.2 Å². The summed E-state index contributed by atoms with van der Waals surface area (Å²) in [6.07, 6.45) is -4.34. The smallest absolute Gasteiger partial charge is 0.363 e. The predicted molar refractivity (Wildman–Crippen MR) is 110 cm³/mol. The fourth-order valence-electron chi connectivity index (χ4n) is 3.87. The van der Waals surface area contributed by atoms with Gasteiger partial charge in [0.05, 0.1) is 5.92 Å². The molecule has 2 aromatic carbocycles. The minimum absolute atomic E-state index is 0.263. The first-order valence-electron chi connectivity index (χ1n) is 9.41. The molecular formula is C21H18ClF3N4O2. The SMILES string of the molecule is CC(=O)Nc1cccc(C2=CC(=O)N3NC(C(F)(F)F)C(c4ccc(Cl)cc4)C3N2)c1. The lowest BCUT2D eigenvalue weighted by Gasteiger charge is -2.33. The second-order valence-corrected chi connectivity index (χ2v) is 7.78. The second kappa shape index (κ2) is 7.90. The van der Waals surface area contributed by atoms with Crippen LogP contribution >= 0.6 is 11.6 Å². The highest BCUT2D eigenvalue weighted by molar-refractivity contribution is 6.30. The largest absolute Gasteiger partial charge is 0.406 e. The summed E-state index contributed by atoms with van der Waals surface area (Å²) in [5, 5.41) is 7.08. The lowest BCUT2D eigenvalue weighted by atomic mass is 9.89. The molecule has 3 N–H and O–H groups in total. The molecule has 1 saturated heterocycles. The van der Waals surface area contributed by atoms with E-state index in [1.54, 1.807) is 24.3 Å². The normalized spacial score (nSPS) is 23.1. The zero-order valence-electron chi connectivity index (χ0n) is 16.2. The Morgan fingerprint density at radius 1 is 1.16 bits per heavy atom. The molecule has 3 atom stereocenters. The average molecular weight is 451 g/mol. The monoisotopic (exact) mass is 450 g/mol. The van der Waals surface area contributed by atoms with Gasteiger partial charge in [-0.3, -0.25) is 14.6 Å². The van der Waals surface area contributed by atoms with Crippen LogP contribution in [0.25, 0.3) is 5.70 Å². The molecule has 162 valence electrons. The molecule has 0 aromatic heterocycles. The standard InChI is InChI=1S/C21H18ClF3N4O2/c1-11(30)26-15-4-2-3-13(9-15)16-10-17(31)29-20(27-16)18(19(28-29)21(23,24)25)12-5-7-14(22)8-6-12/h2-10,18-20,27-28H,1H3,(H,26,30). The second-order valence-electron chi connectivity index (χ2n) is 7.34. The maximum atomic E-state index is 13.8. The highest BCUT2D eigenvalue weighted by Gasteiger charge is 2.57. The molecule has 0 radical (unpaired) electrons. The van der Waals surface area contributed by atoms with Crippen LogP contribution in [0.3, 0.4) is 0 Å². The van der Waals surface area contributed by atoms with E-state index in [-0.39, 0.29) is 5.91 Å². The van der Waals surface area contributed by atoms with Gasteiger partial charge < -0.3 is 10.6 Å². The topological polar surface area (TPSA) is 73.5 Å². The summed E-state index contributed by atoms with van der Waals surface area (Å²) in [4.78, 5) is 24.0. The number of halogens is 4. The van der Waals surface area contributed by atoms with E-state index in [2.05, 4.69) is 16.1 Å². The number of nitrogens with zero attached hydrogens (tertiary/aromatic N) is 1. The van der Waals surface area contributed by atoms with E-state index in [1.807, 2.05) is 0 Å². The Bertz CT molecular complexity index is 1060. The van der Waals surface area contributed by atoms with Crippen LogP contribution in [0, 0.1) is 0 Å². The number of carbonyl (C=O) groups is 2. The molecular weight excluding hydrogens is 433 g/mol. The van der Waals surface area contributed by atoms with Crippen LogP contribution < -0.4 is 16.1 Å². The van der Waals surface area contributed by atoms with Crippen molar-refractivity contribution < 1.29 is 22.8 Å². The van der Waals surface area contributed by atoms with Gasteiger partial charge in [0, 0.05) is 29.4 Å². The number of carbonyl (C=O) groups excluding carboxylic acids is 2. The summed E-state index contributed by atoms with van der Waals surface area (Å²) >= 11 is 5.90. The predicted octanol–water partition coefficient (Wildman–Crippen LogP) is 3.63. The lowest BCUT2D eigenvalue weighted by Crippen LogP contribution is -2.53. The summed E-state index contributed by atoms with van der Waals surface area (Å²) in [6.45, 7) is 1.37. The van der Waals surface area contributed by atoms with Crippen LogP contribution in [0.5, 0.6) is 0 Å². The van der Waals surface area contributed by atoms with Crippen molar-refractivity contribution in [2.24, 2.45) is 0 Å². The Hall–Kier alpha value is -3.04. The molecule has 6 nitrogen and oxygen atoms in total. The van der Waals surface area contributed by atoms with E-state index in [4.69, 9.17) is 11.6 Å². The van der Waals surface area contributed by atoms with Gasteiger partial charge in [0.15, 0.2) is 0 Å². The van der Waals surface area contributed by atoms with Gasteiger partial charge in [-0.2, -0.15) is 13.2 Å². The maximum absolute atomic E-state index is 13.8. The fourth-order valence-corrected chi connectivity index (χ4v) is 4.00. The molecule has 2 aliphatic rings. The van der Waals surface area contributed by atoms with Gasteiger partial charge in [-0.05, 0) is 35.4 Å². The molecule has 0 aliphatic carbocycles. The van der Waals surface area contributed by atoms with Gasteiger partial charge in [-0.25, -0.2) is 5.43 Å². The summed E-state index contributed by atoms with van der Waals surface area (Å²) in [5.41, 5.74) is 4.14. The van der Waals surface area contributed by atoms with Crippen molar-refractivity contribution in [3.05, 3.63) is 70.8 Å². The molecule has 10 heteroatoms. The first-order chi connectivity index (χ1) is 14.6. The summed E-state index contributed by atoms with van der Waals surface area (Å²) in [5.74, 6) is -1.97. The highest BCUT2D eigenvalue weighted by Crippen LogP contribution is 2.41. The van der Waals surface area contributed by atoms with E-state index in [9.17, 15) is 22.8 Å². The number of hydrogen-bond donors (Lipinski definition) is 3. The highest BCUT2D eigenvalue weighted by atomic mass is 35.5. The summed E-state index contributed by atoms with van der Waals surface area (Å²) < 4.78 is 41.5. The summed E-state index contributed by atoms with van der Waals surface area (Å²) in [7, 11) is 0. The maximum Gasteiger partial charge on any atom is 0.406 e. The first kappa shape index (κ1) is 21.2. The molecule has 0 saturated carbocycles. The molecule has 0 spiro atoms. The Balaban J connectivity index is 1.71. The average Bonchev–Trinajstić information content (AvgIpc) is 3.09. The molecule has 31 heavy (non-hydrogen) atoms. The van der Waals surface area contributed by atoms with Crippen molar-refractivity contribution in [2.45, 2.75) is 31.2 Å². The Morgan fingerprint density at radius 2 is 1.87 bits per heavy atom. The van der Waals surface area contributed by atoms with Gasteiger partial charge in [0.1, 0.15) is 12.2 Å². The van der Waals surface area contributed by atoms with Crippen molar-refractivity contribution in [1.29, 1.82) is 0 Å². The van der Waals surface area contributed by atoms with Crippen molar-refractivity contribution >= 4 is 34.8 Å². The molecule has 2 aromatic rings. The molecule has 2 aliphatic heterocycles. The van der Waals surface area contributed by atoms with Crippen molar-refractivity contribution in [2.75, 3.05) is 5.32 Å². The number of hydrazine groups is 1. The third kappa shape index (κ3) is 4.24. The quantitative estimate of drug-likeness (QED) is 0.667. The van der Waals surface area contributed by atoms with Crippen LogP contribution in [-0.2, 0) is 9.59 Å². The number of nitrogens with one attached hydrogen (secondary N) is 3. The summed E-state index contributed by atoms with van der Waals surface area (Å²) in [6, 6.07) is 10.8. The number of hydrogen-bond acceptors (Lipinski definition) is 4. The fraction of sp³-hybridized carbons (Fsp3) is 0.238. The minimum atomic E-state index is -4.59. The number of alkyl halides is 3. The molecule has 2 amide bonds. The van der Waals surface area contributed by atoms with Crippen LogP contribution in [-0.4, -0.2) is 35.2 Å². The van der Waals surface area contributed by atoms with E-state index in [1.165, 1.54) is 37.3 Å². The van der Waals surface area contributed by atoms with Crippen LogP contribution in [0.1, 0.15) is 24.0 Å². The molecule has 3 unspecified atom stereocenters. The van der Waals surface area contributed by atoms with Gasteiger partial charge in [-0.1, -0.05) is 35.9 Å². The lowest BCUT2D eigenvalue weighted by molar-refractivity contribution is -0.161. The van der Waals surface area contributed by atoms with Gasteiger partial charge in [0.25, 0.3) is 5.91 Å². The van der Waals surface area contributed by atoms with Gasteiger partial charge >= 0.3 is 6.18 Å². The number of anilines is 1. The van der Waals surface area contributed by atoms with Crippen molar-refractivity contribution in [1.82, 2.24) is 15.8 Å². The Morgan fingerprint density at radius 3 is 2.52 bits per heavy atom. The van der Waals surface area contributed by atoms with Crippen LogP contribution in [0.2, 0.25) is 5.02 Å². The van der Waals surface area contributed by atoms with Gasteiger partial charge in [-0.15, -0.1) is 0 Å². The van der Waals surface area contributed by atoms with E-state index in [0.717, 1.165) is 5.01 Å². The number of benzene rings is 2. The Labute approximate surface area is 181 Å². The molecule has 0 bridgehead atoms. The molecule has 2 heterocycles. The van der Waals surface area contributed by atoms with E-state index >= 15 is 0 Å². The minimum Gasteiger partial charge on any atom is -0.363 e. The van der Waals surface area contributed by atoms with Crippen molar-refractivity contribution in [3.8, 4) is 0 Å². The number of amides is 2. The molecule has 4 rings (SSSR count). The zero-order chi connectivity index (χ0) is 22.3. The number of rotatable bonds is 3. The van der Waals surface area contributed by atoms with E-state index in [0.29, 0.717) is 27.5 Å².